The van der Waals surface area contributed by atoms with E-state index in [1.165, 1.54) is 12.1 Å². The highest BCUT2D eigenvalue weighted by Gasteiger charge is 2.16. The third-order valence-electron chi connectivity index (χ3n) is 3.19. The molecule has 2 rings (SSSR count). The van der Waals surface area contributed by atoms with E-state index in [0.29, 0.717) is 12.2 Å². The standard InChI is InChI=1S/C17H19NO5/c18-14(8-13-6-7-15(19)16(20)9-13)17(21)23-11-22-10-12-4-2-1-3-5-12/h1-7,9,14,19-20H,8,10-11,18H2. The topological polar surface area (TPSA) is 102 Å². The number of phenols is 2. The van der Waals surface area contributed by atoms with Gasteiger partial charge in [0, 0.05) is 0 Å². The average molecular weight is 317 g/mol. The number of hydrogen-bond acceptors (Lipinski definition) is 6. The predicted octanol–water partition coefficient (Wildman–Crippen LogP) is 1.69. The van der Waals surface area contributed by atoms with Crippen LogP contribution in [0.3, 0.4) is 0 Å². The fourth-order valence-electron chi connectivity index (χ4n) is 1.97. The smallest absolute Gasteiger partial charge is 0.325 e. The fourth-order valence-corrected chi connectivity index (χ4v) is 1.97. The molecule has 0 heterocycles. The van der Waals surface area contributed by atoms with Crippen LogP contribution in [0.25, 0.3) is 0 Å². The minimum absolute atomic E-state index is 0.178. The molecule has 0 fully saturated rings. The van der Waals surface area contributed by atoms with Gasteiger partial charge in [0.15, 0.2) is 18.3 Å². The monoisotopic (exact) mass is 317 g/mol. The summed E-state index contributed by atoms with van der Waals surface area (Å²) in [5.41, 5.74) is 7.36. The Balaban J connectivity index is 1.73. The second-order valence-electron chi connectivity index (χ2n) is 5.05. The summed E-state index contributed by atoms with van der Waals surface area (Å²) < 4.78 is 10.2. The highest BCUT2D eigenvalue weighted by atomic mass is 16.7. The molecular formula is C17H19NO5. The Kier molecular flexibility index (Phi) is 5.96. The minimum Gasteiger partial charge on any atom is -0.504 e. The molecule has 0 spiro atoms. The Morgan fingerprint density at radius 2 is 1.78 bits per heavy atom. The molecule has 23 heavy (non-hydrogen) atoms. The van der Waals surface area contributed by atoms with Gasteiger partial charge in [0.1, 0.15) is 6.04 Å². The van der Waals surface area contributed by atoms with E-state index >= 15 is 0 Å². The van der Waals surface area contributed by atoms with Crippen LogP contribution in [0.1, 0.15) is 11.1 Å². The van der Waals surface area contributed by atoms with Gasteiger partial charge in [0.25, 0.3) is 0 Å². The van der Waals surface area contributed by atoms with Crippen molar-refractivity contribution in [3.8, 4) is 11.5 Å². The van der Waals surface area contributed by atoms with Gasteiger partial charge in [-0.2, -0.15) is 0 Å². The van der Waals surface area contributed by atoms with E-state index in [2.05, 4.69) is 0 Å². The number of nitrogens with two attached hydrogens (primary N) is 1. The Morgan fingerprint density at radius 1 is 1.04 bits per heavy atom. The van der Waals surface area contributed by atoms with E-state index in [0.717, 1.165) is 5.56 Å². The maximum absolute atomic E-state index is 11.8. The zero-order chi connectivity index (χ0) is 16.7. The summed E-state index contributed by atoms with van der Waals surface area (Å²) in [6.07, 6.45) is 0.186. The summed E-state index contributed by atoms with van der Waals surface area (Å²) >= 11 is 0. The van der Waals surface area contributed by atoms with Gasteiger partial charge >= 0.3 is 5.97 Å². The Morgan fingerprint density at radius 3 is 2.48 bits per heavy atom. The number of hydrogen-bond donors (Lipinski definition) is 3. The van der Waals surface area contributed by atoms with Crippen LogP contribution in [0.15, 0.2) is 48.5 Å². The summed E-state index contributed by atoms with van der Waals surface area (Å²) in [7, 11) is 0. The van der Waals surface area contributed by atoms with Crippen LogP contribution < -0.4 is 5.73 Å². The number of phenolic OH excluding ortho intramolecular Hbond substituents is 2. The molecule has 0 saturated carbocycles. The predicted molar refractivity (Wildman–Crippen MR) is 83.6 cm³/mol. The van der Waals surface area contributed by atoms with Gasteiger partial charge in [-0.05, 0) is 29.7 Å². The molecule has 4 N–H and O–H groups in total. The molecule has 0 aliphatic rings. The number of aromatic hydroxyl groups is 2. The molecule has 2 aromatic carbocycles. The first-order valence-corrected chi connectivity index (χ1v) is 7.11. The lowest BCUT2D eigenvalue weighted by Crippen LogP contribution is -2.34. The lowest BCUT2D eigenvalue weighted by molar-refractivity contribution is -0.158. The SMILES string of the molecule is NC(Cc1ccc(O)c(O)c1)C(=O)OCOCc1ccccc1. The Bertz CT molecular complexity index is 645. The zero-order valence-corrected chi connectivity index (χ0v) is 12.5. The van der Waals surface area contributed by atoms with Gasteiger partial charge in [-0.25, -0.2) is 0 Å². The first kappa shape index (κ1) is 16.8. The number of benzene rings is 2. The molecule has 0 aromatic heterocycles. The van der Waals surface area contributed by atoms with Crippen LogP contribution in [-0.4, -0.2) is 29.0 Å². The largest absolute Gasteiger partial charge is 0.504 e. The van der Waals surface area contributed by atoms with E-state index in [-0.39, 0.29) is 24.7 Å². The fraction of sp³-hybridized carbons (Fsp3) is 0.235. The third kappa shape index (κ3) is 5.28. The maximum atomic E-state index is 11.8. The van der Waals surface area contributed by atoms with Gasteiger partial charge in [0.2, 0.25) is 0 Å². The second-order valence-corrected chi connectivity index (χ2v) is 5.05. The van der Waals surface area contributed by atoms with Crippen molar-refractivity contribution >= 4 is 5.97 Å². The molecular weight excluding hydrogens is 298 g/mol. The van der Waals surface area contributed by atoms with E-state index in [9.17, 15) is 15.0 Å². The first-order chi connectivity index (χ1) is 11.1. The Labute approximate surface area is 134 Å². The number of carbonyl (C=O) groups is 1. The number of ether oxygens (including phenoxy) is 2. The van der Waals surface area contributed by atoms with Crippen molar-refractivity contribution in [1.82, 2.24) is 0 Å². The summed E-state index contributed by atoms with van der Waals surface area (Å²) in [4.78, 5) is 11.8. The molecule has 6 heteroatoms. The van der Waals surface area contributed by atoms with Crippen molar-refractivity contribution in [3.05, 3.63) is 59.7 Å². The van der Waals surface area contributed by atoms with Crippen LogP contribution >= 0.6 is 0 Å². The second kappa shape index (κ2) is 8.17. The maximum Gasteiger partial charge on any atom is 0.325 e. The highest BCUT2D eigenvalue weighted by Crippen LogP contribution is 2.25. The van der Waals surface area contributed by atoms with Crippen molar-refractivity contribution in [2.75, 3.05) is 6.79 Å². The van der Waals surface area contributed by atoms with E-state index in [1.807, 2.05) is 30.3 Å². The van der Waals surface area contributed by atoms with Crippen LogP contribution in [0.4, 0.5) is 0 Å². The van der Waals surface area contributed by atoms with Gasteiger partial charge in [-0.3, -0.25) is 4.79 Å². The molecule has 0 aliphatic heterocycles. The van der Waals surface area contributed by atoms with E-state index < -0.39 is 12.0 Å². The normalized spacial score (nSPS) is 11.9. The lowest BCUT2D eigenvalue weighted by Gasteiger charge is -2.12. The molecule has 0 bridgehead atoms. The average Bonchev–Trinajstić information content (AvgIpc) is 2.55. The van der Waals surface area contributed by atoms with Crippen molar-refractivity contribution in [3.63, 3.8) is 0 Å². The molecule has 0 aliphatic carbocycles. The molecule has 2 aromatic rings. The van der Waals surface area contributed by atoms with Crippen molar-refractivity contribution < 1.29 is 24.5 Å². The van der Waals surface area contributed by atoms with E-state index in [1.54, 1.807) is 6.07 Å². The molecule has 0 radical (unpaired) electrons. The quantitative estimate of drug-likeness (QED) is 0.311. The first-order valence-electron chi connectivity index (χ1n) is 7.11. The van der Waals surface area contributed by atoms with Gasteiger partial charge in [-0.15, -0.1) is 0 Å². The highest BCUT2D eigenvalue weighted by molar-refractivity contribution is 5.75. The summed E-state index contributed by atoms with van der Waals surface area (Å²) in [6, 6.07) is 12.9. The summed E-state index contributed by atoms with van der Waals surface area (Å²) in [5, 5.41) is 18.6. The number of carbonyl (C=O) groups excluding carboxylic acids is 1. The van der Waals surface area contributed by atoms with Crippen LogP contribution in [0.2, 0.25) is 0 Å². The van der Waals surface area contributed by atoms with E-state index in [4.69, 9.17) is 15.2 Å². The summed E-state index contributed by atoms with van der Waals surface area (Å²) in [5.74, 6) is -1.07. The van der Waals surface area contributed by atoms with Crippen LogP contribution in [-0.2, 0) is 27.3 Å². The molecule has 0 amide bonds. The van der Waals surface area contributed by atoms with Crippen LogP contribution in [0, 0.1) is 0 Å². The van der Waals surface area contributed by atoms with Gasteiger partial charge in [0.05, 0.1) is 6.61 Å². The third-order valence-corrected chi connectivity index (χ3v) is 3.19. The minimum atomic E-state index is -0.876. The number of esters is 1. The molecule has 0 saturated heterocycles. The van der Waals surface area contributed by atoms with Crippen molar-refractivity contribution in [2.24, 2.45) is 5.73 Å². The van der Waals surface area contributed by atoms with Crippen LogP contribution in [0.5, 0.6) is 11.5 Å². The summed E-state index contributed by atoms with van der Waals surface area (Å²) in [6.45, 7) is 0.164. The molecule has 1 atom stereocenters. The van der Waals surface area contributed by atoms with Crippen molar-refractivity contribution in [2.45, 2.75) is 19.1 Å². The van der Waals surface area contributed by atoms with Crippen molar-refractivity contribution in [1.29, 1.82) is 0 Å². The molecule has 1 unspecified atom stereocenters. The lowest BCUT2D eigenvalue weighted by atomic mass is 10.1. The number of rotatable bonds is 7. The molecule has 6 nitrogen and oxygen atoms in total. The zero-order valence-electron chi connectivity index (χ0n) is 12.5. The molecule has 122 valence electrons. The van der Waals surface area contributed by atoms with Gasteiger partial charge < -0.3 is 25.4 Å². The van der Waals surface area contributed by atoms with Gasteiger partial charge in [-0.1, -0.05) is 36.4 Å². The Hall–Kier alpha value is -2.57.